The van der Waals surface area contributed by atoms with E-state index in [9.17, 15) is 0 Å². The summed E-state index contributed by atoms with van der Waals surface area (Å²) in [6.07, 6.45) is 5.05. The van der Waals surface area contributed by atoms with Crippen LogP contribution in [0.2, 0.25) is 0 Å². The molecule has 6 heteroatoms. The fourth-order valence-electron chi connectivity index (χ4n) is 1.52. The maximum Gasteiger partial charge on any atom is 0.190 e. The van der Waals surface area contributed by atoms with Crippen molar-refractivity contribution in [1.29, 1.82) is 0 Å². The van der Waals surface area contributed by atoms with Gasteiger partial charge >= 0.3 is 0 Å². The molecular formula is C11H9N5S. The van der Waals surface area contributed by atoms with Gasteiger partial charge in [0.1, 0.15) is 5.01 Å². The van der Waals surface area contributed by atoms with Gasteiger partial charge < -0.3 is 5.73 Å². The third-order valence-corrected chi connectivity index (χ3v) is 3.32. The Morgan fingerprint density at radius 3 is 2.82 bits per heavy atom. The maximum absolute atomic E-state index is 5.57. The van der Waals surface area contributed by atoms with Crippen molar-refractivity contribution in [1.82, 2.24) is 19.9 Å². The second kappa shape index (κ2) is 4.15. The minimum absolute atomic E-state index is 0.426. The van der Waals surface area contributed by atoms with E-state index >= 15 is 0 Å². The Morgan fingerprint density at radius 2 is 2.00 bits per heavy atom. The van der Waals surface area contributed by atoms with Gasteiger partial charge in [-0.15, -0.1) is 0 Å². The first-order chi connectivity index (χ1) is 8.36. The molecule has 3 aromatic heterocycles. The molecule has 0 aliphatic heterocycles. The van der Waals surface area contributed by atoms with Crippen LogP contribution in [0.1, 0.15) is 5.69 Å². The minimum atomic E-state index is 0.426. The molecule has 0 aromatic carbocycles. The standard InChI is InChI=1S/C11H9N5S/c12-6-8-5-7(1-2-13-8)10-16-9-11(17-10)15-4-3-14-9/h1-5H,6,12H2. The Hall–Kier alpha value is -1.92. The lowest BCUT2D eigenvalue weighted by Crippen LogP contribution is -1.98. The fourth-order valence-corrected chi connectivity index (χ4v) is 2.39. The summed E-state index contributed by atoms with van der Waals surface area (Å²) in [6, 6.07) is 3.86. The number of rotatable bonds is 2. The molecule has 0 aliphatic carbocycles. The van der Waals surface area contributed by atoms with Crippen LogP contribution in [-0.2, 0) is 6.54 Å². The van der Waals surface area contributed by atoms with Crippen LogP contribution < -0.4 is 5.73 Å². The first-order valence-electron chi connectivity index (χ1n) is 5.10. The van der Waals surface area contributed by atoms with Gasteiger partial charge in [-0.3, -0.25) is 4.98 Å². The molecule has 0 saturated heterocycles. The minimum Gasteiger partial charge on any atom is -0.325 e. The zero-order valence-corrected chi connectivity index (χ0v) is 9.68. The highest BCUT2D eigenvalue weighted by Gasteiger charge is 2.08. The van der Waals surface area contributed by atoms with E-state index in [1.165, 1.54) is 11.3 Å². The second-order valence-corrected chi connectivity index (χ2v) is 4.42. The highest BCUT2D eigenvalue weighted by molar-refractivity contribution is 7.21. The van der Waals surface area contributed by atoms with Gasteiger partial charge in [0.25, 0.3) is 0 Å². The predicted molar refractivity (Wildman–Crippen MR) is 66.3 cm³/mol. The molecule has 5 nitrogen and oxygen atoms in total. The van der Waals surface area contributed by atoms with Gasteiger partial charge in [-0.25, -0.2) is 15.0 Å². The molecule has 3 aromatic rings. The molecule has 84 valence electrons. The van der Waals surface area contributed by atoms with Gasteiger partial charge in [-0.2, -0.15) is 0 Å². The van der Waals surface area contributed by atoms with Crippen molar-refractivity contribution in [2.75, 3.05) is 0 Å². The van der Waals surface area contributed by atoms with Crippen molar-refractivity contribution in [3.8, 4) is 10.6 Å². The van der Waals surface area contributed by atoms with Crippen LogP contribution in [0.15, 0.2) is 30.7 Å². The summed E-state index contributed by atoms with van der Waals surface area (Å²) >= 11 is 1.52. The molecule has 0 atom stereocenters. The zero-order valence-electron chi connectivity index (χ0n) is 8.87. The summed E-state index contributed by atoms with van der Waals surface area (Å²) in [5.41, 5.74) is 8.10. The van der Waals surface area contributed by atoms with Crippen LogP contribution in [0.25, 0.3) is 21.0 Å². The smallest absolute Gasteiger partial charge is 0.190 e. The van der Waals surface area contributed by atoms with Crippen molar-refractivity contribution >= 4 is 21.8 Å². The second-order valence-electron chi connectivity index (χ2n) is 3.44. The summed E-state index contributed by atoms with van der Waals surface area (Å²) < 4.78 is 0. The van der Waals surface area contributed by atoms with Gasteiger partial charge in [0.05, 0.1) is 5.69 Å². The van der Waals surface area contributed by atoms with Crippen molar-refractivity contribution in [3.63, 3.8) is 0 Å². The molecule has 0 amide bonds. The molecule has 0 radical (unpaired) electrons. The Morgan fingerprint density at radius 1 is 1.12 bits per heavy atom. The van der Waals surface area contributed by atoms with Gasteiger partial charge in [0.2, 0.25) is 0 Å². The quantitative estimate of drug-likeness (QED) is 0.739. The lowest BCUT2D eigenvalue weighted by molar-refractivity contribution is 0.991. The molecule has 0 bridgehead atoms. The van der Waals surface area contributed by atoms with Gasteiger partial charge in [0, 0.05) is 30.7 Å². The molecule has 3 rings (SSSR count). The van der Waals surface area contributed by atoms with Gasteiger partial charge in [-0.05, 0) is 12.1 Å². The topological polar surface area (TPSA) is 77.6 Å². The van der Waals surface area contributed by atoms with Crippen molar-refractivity contribution in [2.24, 2.45) is 5.73 Å². The molecule has 0 unspecified atom stereocenters. The van der Waals surface area contributed by atoms with E-state index in [2.05, 4.69) is 19.9 Å². The van der Waals surface area contributed by atoms with Crippen molar-refractivity contribution < 1.29 is 0 Å². The Bertz CT molecular complexity index is 631. The summed E-state index contributed by atoms with van der Waals surface area (Å²) in [5.74, 6) is 0. The summed E-state index contributed by atoms with van der Waals surface area (Å²) in [7, 11) is 0. The third kappa shape index (κ3) is 1.88. The first kappa shape index (κ1) is 10.2. The van der Waals surface area contributed by atoms with Gasteiger partial charge in [-0.1, -0.05) is 11.3 Å². The zero-order chi connectivity index (χ0) is 11.7. The molecule has 0 fully saturated rings. The number of nitrogens with two attached hydrogens (primary N) is 1. The summed E-state index contributed by atoms with van der Waals surface area (Å²) in [4.78, 5) is 17.8. The monoisotopic (exact) mass is 243 g/mol. The largest absolute Gasteiger partial charge is 0.325 e. The molecule has 2 N–H and O–H groups in total. The number of thiazole rings is 1. The van der Waals surface area contributed by atoms with Crippen LogP contribution in [-0.4, -0.2) is 19.9 Å². The van der Waals surface area contributed by atoms with Crippen molar-refractivity contribution in [2.45, 2.75) is 6.54 Å². The molecule has 0 saturated carbocycles. The average Bonchev–Trinajstić information content (AvgIpc) is 2.82. The highest BCUT2D eigenvalue weighted by Crippen LogP contribution is 2.27. The summed E-state index contributed by atoms with van der Waals surface area (Å²) in [6.45, 7) is 0.426. The molecule has 0 spiro atoms. The number of nitrogens with zero attached hydrogens (tertiary/aromatic N) is 4. The number of aromatic nitrogens is 4. The average molecular weight is 243 g/mol. The van der Waals surface area contributed by atoms with Crippen molar-refractivity contribution in [3.05, 3.63) is 36.4 Å². The van der Waals surface area contributed by atoms with E-state index in [0.29, 0.717) is 12.2 Å². The fraction of sp³-hybridized carbons (Fsp3) is 0.0909. The van der Waals surface area contributed by atoms with Crippen LogP contribution in [0.3, 0.4) is 0 Å². The predicted octanol–water partition coefficient (Wildman–Crippen LogP) is 1.61. The lowest BCUT2D eigenvalue weighted by atomic mass is 10.2. The van der Waals surface area contributed by atoms with Gasteiger partial charge in [0.15, 0.2) is 10.5 Å². The van der Waals surface area contributed by atoms with E-state index < -0.39 is 0 Å². The number of pyridine rings is 1. The number of hydrogen-bond acceptors (Lipinski definition) is 6. The normalized spacial score (nSPS) is 10.9. The number of fused-ring (bicyclic) bond motifs is 1. The first-order valence-corrected chi connectivity index (χ1v) is 5.91. The lowest BCUT2D eigenvalue weighted by Gasteiger charge is -1.98. The van der Waals surface area contributed by atoms with Crippen LogP contribution >= 0.6 is 11.3 Å². The Labute approximate surface area is 101 Å². The van der Waals surface area contributed by atoms with Crippen LogP contribution in [0.4, 0.5) is 0 Å². The third-order valence-electron chi connectivity index (χ3n) is 2.32. The molecule has 17 heavy (non-hydrogen) atoms. The SMILES string of the molecule is NCc1cc(-c2nc3nccnc3s2)ccn1. The van der Waals surface area contributed by atoms with Crippen LogP contribution in [0, 0.1) is 0 Å². The van der Waals surface area contributed by atoms with E-state index in [4.69, 9.17) is 5.73 Å². The molecule has 3 heterocycles. The Balaban J connectivity index is 2.13. The summed E-state index contributed by atoms with van der Waals surface area (Å²) in [5, 5.41) is 0.892. The Kier molecular flexibility index (Phi) is 2.50. The van der Waals surface area contributed by atoms with E-state index in [1.807, 2.05) is 12.1 Å². The molecule has 0 aliphatic rings. The van der Waals surface area contributed by atoms with E-state index in [0.717, 1.165) is 21.1 Å². The highest BCUT2D eigenvalue weighted by atomic mass is 32.1. The van der Waals surface area contributed by atoms with Crippen LogP contribution in [0.5, 0.6) is 0 Å². The maximum atomic E-state index is 5.57. The molecular weight excluding hydrogens is 234 g/mol. The van der Waals surface area contributed by atoms with E-state index in [1.54, 1.807) is 18.6 Å². The van der Waals surface area contributed by atoms with E-state index in [-0.39, 0.29) is 0 Å². The number of hydrogen-bond donors (Lipinski definition) is 1.